The molecule has 5 nitrogen and oxygen atoms in total. The molecule has 21 heavy (non-hydrogen) atoms. The second kappa shape index (κ2) is 6.92. The highest BCUT2D eigenvalue weighted by atomic mass is 79.9. The minimum absolute atomic E-state index is 0.0968. The highest BCUT2D eigenvalue weighted by molar-refractivity contribution is 9.10. The SMILES string of the molecule is CC1CCC(Nc2ncc(Br)c(OC3CCOC3)n2)CC1. The lowest BCUT2D eigenvalue weighted by atomic mass is 9.87. The molecular formula is C15H22BrN3O2. The Labute approximate surface area is 134 Å². The highest BCUT2D eigenvalue weighted by Crippen LogP contribution is 2.28. The molecule has 2 fully saturated rings. The number of aromatic nitrogens is 2. The summed E-state index contributed by atoms with van der Waals surface area (Å²) in [5.74, 6) is 2.11. The molecule has 2 aliphatic rings. The van der Waals surface area contributed by atoms with Crippen molar-refractivity contribution in [1.82, 2.24) is 9.97 Å². The van der Waals surface area contributed by atoms with Crippen LogP contribution in [0, 0.1) is 5.92 Å². The number of anilines is 1. The maximum atomic E-state index is 5.89. The summed E-state index contributed by atoms with van der Waals surface area (Å²) >= 11 is 3.45. The van der Waals surface area contributed by atoms with Gasteiger partial charge in [-0.25, -0.2) is 4.98 Å². The number of hydrogen-bond donors (Lipinski definition) is 1. The Hall–Kier alpha value is -0.880. The lowest BCUT2D eigenvalue weighted by molar-refractivity contribution is 0.137. The molecule has 1 saturated carbocycles. The van der Waals surface area contributed by atoms with Crippen molar-refractivity contribution in [2.75, 3.05) is 18.5 Å². The van der Waals surface area contributed by atoms with E-state index >= 15 is 0 Å². The first-order valence-electron chi connectivity index (χ1n) is 7.74. The molecule has 1 saturated heterocycles. The molecule has 1 aromatic heterocycles. The van der Waals surface area contributed by atoms with Gasteiger partial charge in [0, 0.05) is 12.5 Å². The molecule has 0 bridgehead atoms. The number of nitrogens with zero attached hydrogens (tertiary/aromatic N) is 2. The van der Waals surface area contributed by atoms with Gasteiger partial charge in [0.2, 0.25) is 11.8 Å². The molecule has 0 aromatic carbocycles. The zero-order valence-electron chi connectivity index (χ0n) is 12.3. The first-order valence-corrected chi connectivity index (χ1v) is 8.53. The minimum Gasteiger partial charge on any atom is -0.471 e. The van der Waals surface area contributed by atoms with Gasteiger partial charge in [-0.2, -0.15) is 4.98 Å². The Morgan fingerprint density at radius 3 is 2.81 bits per heavy atom. The van der Waals surface area contributed by atoms with E-state index in [1.165, 1.54) is 25.7 Å². The van der Waals surface area contributed by atoms with Gasteiger partial charge in [0.25, 0.3) is 0 Å². The predicted octanol–water partition coefficient (Wildman–Crippen LogP) is 3.40. The van der Waals surface area contributed by atoms with Gasteiger partial charge in [-0.3, -0.25) is 0 Å². The summed E-state index contributed by atoms with van der Waals surface area (Å²) in [6.07, 6.45) is 7.69. The molecule has 2 heterocycles. The Bertz CT molecular complexity index is 472. The van der Waals surface area contributed by atoms with Gasteiger partial charge in [-0.1, -0.05) is 6.92 Å². The molecule has 0 radical (unpaired) electrons. The third-order valence-corrected chi connectivity index (χ3v) is 4.77. The van der Waals surface area contributed by atoms with E-state index in [0.717, 1.165) is 23.4 Å². The Morgan fingerprint density at radius 2 is 2.10 bits per heavy atom. The molecule has 6 heteroatoms. The molecule has 0 spiro atoms. The zero-order valence-corrected chi connectivity index (χ0v) is 13.9. The van der Waals surface area contributed by atoms with Crippen LogP contribution in [0.15, 0.2) is 10.7 Å². The third kappa shape index (κ3) is 4.07. The number of rotatable bonds is 4. The van der Waals surface area contributed by atoms with Gasteiger partial charge < -0.3 is 14.8 Å². The summed E-state index contributed by atoms with van der Waals surface area (Å²) in [7, 11) is 0. The fraction of sp³-hybridized carbons (Fsp3) is 0.733. The monoisotopic (exact) mass is 355 g/mol. The van der Waals surface area contributed by atoms with Crippen LogP contribution in [0.25, 0.3) is 0 Å². The van der Waals surface area contributed by atoms with Crippen LogP contribution in [0.4, 0.5) is 5.95 Å². The fourth-order valence-electron chi connectivity index (χ4n) is 2.85. The molecule has 1 aromatic rings. The molecule has 1 aliphatic carbocycles. The molecule has 1 atom stereocenters. The lowest BCUT2D eigenvalue weighted by Gasteiger charge is -2.27. The van der Waals surface area contributed by atoms with Crippen molar-refractivity contribution in [2.24, 2.45) is 5.92 Å². The number of ether oxygens (including phenoxy) is 2. The zero-order chi connectivity index (χ0) is 14.7. The number of hydrogen-bond acceptors (Lipinski definition) is 5. The number of halogens is 1. The average molecular weight is 356 g/mol. The normalized spacial score (nSPS) is 29.3. The standard InChI is InChI=1S/C15H22BrN3O2/c1-10-2-4-11(5-3-10)18-15-17-8-13(16)14(19-15)21-12-6-7-20-9-12/h8,10-12H,2-7,9H2,1H3,(H,17,18,19). The van der Waals surface area contributed by atoms with Crippen molar-refractivity contribution in [3.05, 3.63) is 10.7 Å². The van der Waals surface area contributed by atoms with Crippen molar-refractivity contribution < 1.29 is 9.47 Å². The van der Waals surface area contributed by atoms with Crippen LogP contribution >= 0.6 is 15.9 Å². The van der Waals surface area contributed by atoms with Crippen LogP contribution in [-0.4, -0.2) is 35.3 Å². The van der Waals surface area contributed by atoms with Crippen LogP contribution in [0.2, 0.25) is 0 Å². The van der Waals surface area contributed by atoms with Gasteiger partial charge in [0.1, 0.15) is 6.10 Å². The van der Waals surface area contributed by atoms with Gasteiger partial charge >= 0.3 is 0 Å². The van der Waals surface area contributed by atoms with Crippen LogP contribution in [0.1, 0.15) is 39.0 Å². The largest absolute Gasteiger partial charge is 0.471 e. The summed E-state index contributed by atoms with van der Waals surface area (Å²) in [6, 6.07) is 0.477. The van der Waals surface area contributed by atoms with Crippen molar-refractivity contribution in [2.45, 2.75) is 51.2 Å². The van der Waals surface area contributed by atoms with Gasteiger partial charge in [-0.05, 0) is 47.5 Å². The quantitative estimate of drug-likeness (QED) is 0.896. The highest BCUT2D eigenvalue weighted by Gasteiger charge is 2.21. The Balaban J connectivity index is 1.62. The first kappa shape index (κ1) is 15.0. The van der Waals surface area contributed by atoms with Crippen LogP contribution in [0.3, 0.4) is 0 Å². The fourth-order valence-corrected chi connectivity index (χ4v) is 3.14. The first-order chi connectivity index (χ1) is 10.2. The summed E-state index contributed by atoms with van der Waals surface area (Å²) in [5, 5.41) is 3.44. The van der Waals surface area contributed by atoms with E-state index in [4.69, 9.17) is 9.47 Å². The molecule has 1 aliphatic heterocycles. The second-order valence-electron chi connectivity index (χ2n) is 6.05. The van der Waals surface area contributed by atoms with E-state index in [1.807, 2.05) is 0 Å². The Kier molecular flexibility index (Phi) is 4.95. The second-order valence-corrected chi connectivity index (χ2v) is 6.91. The molecule has 0 amide bonds. The van der Waals surface area contributed by atoms with Crippen molar-refractivity contribution >= 4 is 21.9 Å². The van der Waals surface area contributed by atoms with E-state index < -0.39 is 0 Å². The topological polar surface area (TPSA) is 56.3 Å². The van der Waals surface area contributed by atoms with E-state index in [9.17, 15) is 0 Å². The van der Waals surface area contributed by atoms with E-state index in [-0.39, 0.29) is 6.10 Å². The van der Waals surface area contributed by atoms with Crippen molar-refractivity contribution in [1.29, 1.82) is 0 Å². The maximum Gasteiger partial charge on any atom is 0.233 e. The maximum absolute atomic E-state index is 5.89. The van der Waals surface area contributed by atoms with Crippen molar-refractivity contribution in [3.63, 3.8) is 0 Å². The summed E-state index contributed by atoms with van der Waals surface area (Å²) in [5.41, 5.74) is 0. The van der Waals surface area contributed by atoms with E-state index in [0.29, 0.717) is 24.5 Å². The summed E-state index contributed by atoms with van der Waals surface area (Å²) < 4.78 is 12.0. The average Bonchev–Trinajstić information content (AvgIpc) is 2.98. The molecule has 3 rings (SSSR count). The Morgan fingerprint density at radius 1 is 1.29 bits per heavy atom. The van der Waals surface area contributed by atoms with Crippen LogP contribution in [0.5, 0.6) is 5.88 Å². The summed E-state index contributed by atoms with van der Waals surface area (Å²) in [4.78, 5) is 8.85. The van der Waals surface area contributed by atoms with Crippen LogP contribution < -0.4 is 10.1 Å². The van der Waals surface area contributed by atoms with Gasteiger partial charge in [0.15, 0.2) is 0 Å². The van der Waals surface area contributed by atoms with E-state index in [1.54, 1.807) is 6.20 Å². The van der Waals surface area contributed by atoms with E-state index in [2.05, 4.69) is 38.1 Å². The predicted molar refractivity (Wildman–Crippen MR) is 84.6 cm³/mol. The molecule has 1 N–H and O–H groups in total. The molecule has 116 valence electrons. The van der Waals surface area contributed by atoms with Crippen LogP contribution in [-0.2, 0) is 4.74 Å². The van der Waals surface area contributed by atoms with Crippen molar-refractivity contribution in [3.8, 4) is 5.88 Å². The third-order valence-electron chi connectivity index (χ3n) is 4.23. The number of nitrogens with one attached hydrogen (secondary N) is 1. The van der Waals surface area contributed by atoms with Gasteiger partial charge in [-0.15, -0.1) is 0 Å². The summed E-state index contributed by atoms with van der Waals surface area (Å²) in [6.45, 7) is 3.72. The molecular weight excluding hydrogens is 334 g/mol. The van der Waals surface area contributed by atoms with Gasteiger partial charge in [0.05, 0.1) is 23.9 Å². The minimum atomic E-state index is 0.0968. The molecule has 1 unspecified atom stereocenters. The lowest BCUT2D eigenvalue weighted by Crippen LogP contribution is -2.26. The smallest absolute Gasteiger partial charge is 0.233 e.